The Morgan fingerprint density at radius 3 is 2.67 bits per heavy atom. The summed E-state index contributed by atoms with van der Waals surface area (Å²) in [6.45, 7) is 3.43. The Labute approximate surface area is 169 Å². The molecule has 0 saturated heterocycles. The number of carbonyl (C=O) groups excluding carboxylic acids is 1. The van der Waals surface area contributed by atoms with Crippen LogP contribution in [0.1, 0.15) is 22.5 Å². The van der Waals surface area contributed by atoms with Crippen LogP contribution in [-0.4, -0.2) is 30.3 Å². The maximum absolute atomic E-state index is 13.0. The zero-order valence-electron chi connectivity index (χ0n) is 16.1. The molecular formula is C20H17F3N6O. The Morgan fingerprint density at radius 2 is 1.90 bits per heavy atom. The van der Waals surface area contributed by atoms with Crippen molar-refractivity contribution in [3.05, 3.63) is 71.2 Å². The van der Waals surface area contributed by atoms with Gasteiger partial charge >= 0.3 is 6.18 Å². The molecule has 3 aromatic heterocycles. The molecular weight excluding hydrogens is 397 g/mol. The highest BCUT2D eigenvalue weighted by atomic mass is 19.4. The molecule has 1 amide bonds. The quantitative estimate of drug-likeness (QED) is 0.552. The lowest BCUT2D eigenvalue weighted by atomic mass is 10.1. The van der Waals surface area contributed by atoms with E-state index in [4.69, 9.17) is 0 Å². The van der Waals surface area contributed by atoms with E-state index in [-0.39, 0.29) is 24.0 Å². The molecule has 0 saturated carbocycles. The van der Waals surface area contributed by atoms with Gasteiger partial charge in [-0.15, -0.1) is 10.2 Å². The third-order valence-electron chi connectivity index (χ3n) is 4.76. The molecule has 0 unspecified atom stereocenters. The number of carbonyl (C=O) groups is 1. The summed E-state index contributed by atoms with van der Waals surface area (Å²) in [7, 11) is 0. The predicted molar refractivity (Wildman–Crippen MR) is 103 cm³/mol. The molecule has 0 fully saturated rings. The van der Waals surface area contributed by atoms with Crippen LogP contribution in [0.3, 0.4) is 0 Å². The molecule has 7 nitrogen and oxygen atoms in total. The Morgan fingerprint density at radius 1 is 1.10 bits per heavy atom. The first-order chi connectivity index (χ1) is 14.2. The van der Waals surface area contributed by atoms with Gasteiger partial charge in [-0.2, -0.15) is 18.3 Å². The summed E-state index contributed by atoms with van der Waals surface area (Å²) in [6, 6.07) is 10.3. The molecule has 0 aliphatic rings. The van der Waals surface area contributed by atoms with Crippen LogP contribution in [0.25, 0.3) is 11.3 Å². The van der Waals surface area contributed by atoms with Gasteiger partial charge in [-0.25, -0.2) is 4.68 Å². The van der Waals surface area contributed by atoms with E-state index in [0.29, 0.717) is 22.6 Å². The fourth-order valence-corrected chi connectivity index (χ4v) is 3.25. The molecule has 4 aromatic rings. The first kappa shape index (κ1) is 19.6. The Balaban J connectivity index is 1.59. The lowest BCUT2D eigenvalue weighted by Gasteiger charge is -2.10. The highest BCUT2D eigenvalue weighted by Gasteiger charge is 2.30. The lowest BCUT2D eigenvalue weighted by molar-refractivity contribution is -0.137. The highest BCUT2D eigenvalue weighted by Crippen LogP contribution is 2.31. The van der Waals surface area contributed by atoms with E-state index < -0.39 is 11.7 Å². The van der Waals surface area contributed by atoms with Gasteiger partial charge in [-0.1, -0.05) is 12.1 Å². The van der Waals surface area contributed by atoms with Crippen molar-refractivity contribution >= 4 is 17.5 Å². The summed E-state index contributed by atoms with van der Waals surface area (Å²) < 4.78 is 42.2. The fourth-order valence-electron chi connectivity index (χ4n) is 3.25. The minimum absolute atomic E-state index is 0.00161. The minimum atomic E-state index is -4.45. The van der Waals surface area contributed by atoms with Crippen LogP contribution >= 0.6 is 0 Å². The summed E-state index contributed by atoms with van der Waals surface area (Å²) in [5, 5.41) is 15.0. The third-order valence-corrected chi connectivity index (χ3v) is 4.76. The van der Waals surface area contributed by atoms with Gasteiger partial charge in [-0.3, -0.25) is 14.5 Å². The fraction of sp³-hybridized carbons (Fsp3) is 0.200. The van der Waals surface area contributed by atoms with E-state index in [1.54, 1.807) is 42.6 Å². The van der Waals surface area contributed by atoms with Crippen LogP contribution < -0.4 is 5.32 Å². The van der Waals surface area contributed by atoms with Gasteiger partial charge < -0.3 is 0 Å². The summed E-state index contributed by atoms with van der Waals surface area (Å²) >= 11 is 0. The number of amides is 1. The molecule has 30 heavy (non-hydrogen) atoms. The largest absolute Gasteiger partial charge is 0.416 e. The average Bonchev–Trinajstić information content (AvgIpc) is 3.23. The molecule has 0 bridgehead atoms. The zero-order valence-corrected chi connectivity index (χ0v) is 16.1. The number of anilines is 1. The first-order valence-electron chi connectivity index (χ1n) is 9.06. The Bertz CT molecular complexity index is 1240. The van der Waals surface area contributed by atoms with Crippen LogP contribution in [0.15, 0.2) is 48.7 Å². The van der Waals surface area contributed by atoms with E-state index >= 15 is 0 Å². The van der Waals surface area contributed by atoms with Gasteiger partial charge in [0.2, 0.25) is 11.9 Å². The maximum atomic E-state index is 13.0. The van der Waals surface area contributed by atoms with Gasteiger partial charge in [-0.05, 0) is 44.2 Å². The number of fused-ring (bicyclic) bond motifs is 1. The number of alkyl halides is 3. The molecule has 3 heterocycles. The average molecular weight is 414 g/mol. The van der Waals surface area contributed by atoms with Crippen molar-refractivity contribution in [1.29, 1.82) is 0 Å². The summed E-state index contributed by atoms with van der Waals surface area (Å²) in [5.74, 6) is -0.0425. The van der Waals surface area contributed by atoms with E-state index in [2.05, 4.69) is 20.6 Å². The summed E-state index contributed by atoms with van der Waals surface area (Å²) in [6.07, 6.45) is -2.72. The van der Waals surface area contributed by atoms with Crippen molar-refractivity contribution in [2.24, 2.45) is 0 Å². The number of aromatic nitrogens is 5. The molecule has 0 aliphatic carbocycles. The van der Waals surface area contributed by atoms with Gasteiger partial charge in [0.1, 0.15) is 0 Å². The molecule has 0 spiro atoms. The second kappa shape index (κ2) is 7.29. The summed E-state index contributed by atoms with van der Waals surface area (Å²) in [5.41, 5.74) is 1.90. The van der Waals surface area contributed by atoms with Gasteiger partial charge in [0.15, 0.2) is 5.65 Å². The summed E-state index contributed by atoms with van der Waals surface area (Å²) in [4.78, 5) is 12.6. The van der Waals surface area contributed by atoms with E-state index in [1.807, 2.05) is 6.07 Å². The number of halogens is 3. The van der Waals surface area contributed by atoms with Crippen LogP contribution in [0.2, 0.25) is 0 Å². The molecule has 0 aliphatic heterocycles. The van der Waals surface area contributed by atoms with E-state index in [1.165, 1.54) is 10.7 Å². The first-order valence-corrected chi connectivity index (χ1v) is 9.06. The molecule has 1 aromatic carbocycles. The number of hydrogen-bond acceptors (Lipinski definition) is 4. The smallest absolute Gasteiger partial charge is 0.294 e. The molecule has 1 N–H and O–H groups in total. The molecule has 154 valence electrons. The monoisotopic (exact) mass is 414 g/mol. The van der Waals surface area contributed by atoms with E-state index in [9.17, 15) is 18.0 Å². The van der Waals surface area contributed by atoms with Gasteiger partial charge in [0.25, 0.3) is 0 Å². The molecule has 4 rings (SSSR count). The standard InChI is InChI=1S/C20H17F3N6O/c1-12-16(11-18(30)24-19-26-25-17-8-3-4-9-28(17)19)13(2)29(27-12)15-7-5-6-14(10-15)20(21,22)23/h3-10H,11H2,1-2H3,(H,24,26,30). The van der Waals surface area contributed by atoms with Gasteiger partial charge in [0.05, 0.1) is 23.4 Å². The van der Waals surface area contributed by atoms with Crippen LogP contribution in [0, 0.1) is 13.8 Å². The number of nitrogens with zero attached hydrogens (tertiary/aromatic N) is 5. The highest BCUT2D eigenvalue weighted by molar-refractivity contribution is 5.91. The number of aryl methyl sites for hydroxylation is 1. The van der Waals surface area contributed by atoms with Crippen molar-refractivity contribution in [3.63, 3.8) is 0 Å². The topological polar surface area (TPSA) is 77.1 Å². The molecule has 0 atom stereocenters. The van der Waals surface area contributed by atoms with Crippen molar-refractivity contribution in [2.45, 2.75) is 26.4 Å². The second-order valence-corrected chi connectivity index (χ2v) is 6.79. The normalized spacial score (nSPS) is 11.8. The van der Waals surface area contributed by atoms with Crippen molar-refractivity contribution < 1.29 is 18.0 Å². The number of benzene rings is 1. The lowest BCUT2D eigenvalue weighted by Crippen LogP contribution is -2.17. The number of pyridine rings is 1. The predicted octanol–water partition coefficient (Wildman–Crippen LogP) is 3.73. The zero-order chi connectivity index (χ0) is 21.5. The van der Waals surface area contributed by atoms with Crippen LogP contribution in [0.5, 0.6) is 0 Å². The van der Waals surface area contributed by atoms with Gasteiger partial charge in [0, 0.05) is 17.5 Å². The number of hydrogen-bond donors (Lipinski definition) is 1. The maximum Gasteiger partial charge on any atom is 0.416 e. The molecule has 0 radical (unpaired) electrons. The Kier molecular flexibility index (Phi) is 4.76. The van der Waals surface area contributed by atoms with Crippen molar-refractivity contribution in [1.82, 2.24) is 24.4 Å². The second-order valence-electron chi connectivity index (χ2n) is 6.79. The Hall–Kier alpha value is -3.69. The number of nitrogens with one attached hydrogen (secondary N) is 1. The molecule has 10 heteroatoms. The number of rotatable bonds is 4. The van der Waals surface area contributed by atoms with Crippen LogP contribution in [0.4, 0.5) is 19.1 Å². The minimum Gasteiger partial charge on any atom is -0.294 e. The third kappa shape index (κ3) is 3.63. The SMILES string of the molecule is Cc1nn(-c2cccc(C(F)(F)F)c2)c(C)c1CC(=O)Nc1nnc2ccccn12. The van der Waals surface area contributed by atoms with Crippen LogP contribution in [-0.2, 0) is 17.4 Å². The van der Waals surface area contributed by atoms with Crippen molar-refractivity contribution in [3.8, 4) is 5.69 Å². The van der Waals surface area contributed by atoms with Crippen molar-refractivity contribution in [2.75, 3.05) is 5.32 Å². The van der Waals surface area contributed by atoms with E-state index in [0.717, 1.165) is 12.1 Å².